The minimum absolute atomic E-state index is 0.148. The van der Waals surface area contributed by atoms with E-state index in [4.69, 9.17) is 16.3 Å². The van der Waals surface area contributed by atoms with Crippen LogP contribution in [0.1, 0.15) is 10.5 Å². The Morgan fingerprint density at radius 1 is 1.75 bits per heavy atom. The lowest BCUT2D eigenvalue weighted by Gasteiger charge is -2.10. The highest BCUT2D eigenvalue weighted by Gasteiger charge is 2.12. The molecule has 0 bridgehead atoms. The van der Waals surface area contributed by atoms with Crippen LogP contribution in [-0.4, -0.2) is 41.9 Å². The molecule has 0 saturated heterocycles. The standard InChI is InChI=1S/C10H15ClN2O3/c1-13-5-7(11)3-9(13)10(15)12-4-8(14)6-16-2/h3,5,8,14H,4,6H2,1-2H3,(H,12,15). The van der Waals surface area contributed by atoms with Gasteiger partial charge in [-0.1, -0.05) is 11.6 Å². The Balaban J connectivity index is 2.50. The van der Waals surface area contributed by atoms with Crippen LogP contribution in [0, 0.1) is 0 Å². The highest BCUT2D eigenvalue weighted by atomic mass is 35.5. The fourth-order valence-corrected chi connectivity index (χ4v) is 1.55. The van der Waals surface area contributed by atoms with Crippen molar-refractivity contribution in [1.29, 1.82) is 0 Å². The van der Waals surface area contributed by atoms with Crippen LogP contribution < -0.4 is 5.32 Å². The number of rotatable bonds is 5. The molecule has 0 radical (unpaired) electrons. The van der Waals surface area contributed by atoms with Crippen LogP contribution in [0.5, 0.6) is 0 Å². The molecular formula is C10H15ClN2O3. The highest BCUT2D eigenvalue weighted by molar-refractivity contribution is 6.31. The van der Waals surface area contributed by atoms with Crippen molar-refractivity contribution in [2.45, 2.75) is 6.10 Å². The van der Waals surface area contributed by atoms with Gasteiger partial charge in [-0.15, -0.1) is 0 Å². The lowest BCUT2D eigenvalue weighted by Crippen LogP contribution is -2.35. The number of nitrogens with zero attached hydrogens (tertiary/aromatic N) is 1. The van der Waals surface area contributed by atoms with Gasteiger partial charge in [0.05, 0.1) is 17.7 Å². The second-order valence-corrected chi connectivity index (χ2v) is 3.91. The molecule has 90 valence electrons. The number of halogens is 1. The van der Waals surface area contributed by atoms with E-state index >= 15 is 0 Å². The first kappa shape index (κ1) is 13.0. The lowest BCUT2D eigenvalue weighted by atomic mass is 10.3. The second-order valence-electron chi connectivity index (χ2n) is 3.47. The van der Waals surface area contributed by atoms with E-state index in [1.54, 1.807) is 23.9 Å². The topological polar surface area (TPSA) is 63.5 Å². The highest BCUT2D eigenvalue weighted by Crippen LogP contribution is 2.12. The predicted octanol–water partition coefficient (Wildman–Crippen LogP) is 0.416. The summed E-state index contributed by atoms with van der Waals surface area (Å²) in [6.07, 6.45) is 0.937. The number of methoxy groups -OCH3 is 1. The fourth-order valence-electron chi connectivity index (χ4n) is 1.30. The number of aliphatic hydroxyl groups is 1. The maximum atomic E-state index is 11.6. The third-order valence-corrected chi connectivity index (χ3v) is 2.27. The molecule has 6 heteroatoms. The first-order valence-corrected chi connectivity index (χ1v) is 5.19. The average molecular weight is 247 g/mol. The summed E-state index contributed by atoms with van der Waals surface area (Å²) in [6, 6.07) is 1.57. The minimum atomic E-state index is -0.704. The number of amides is 1. The first-order chi connectivity index (χ1) is 7.54. The van der Waals surface area contributed by atoms with Crippen molar-refractivity contribution in [3.63, 3.8) is 0 Å². The number of aliphatic hydroxyl groups excluding tert-OH is 1. The normalized spacial score (nSPS) is 12.5. The molecule has 0 aliphatic rings. The summed E-state index contributed by atoms with van der Waals surface area (Å²) in [4.78, 5) is 11.6. The van der Waals surface area contributed by atoms with E-state index in [0.29, 0.717) is 10.7 Å². The monoisotopic (exact) mass is 246 g/mol. The van der Waals surface area contributed by atoms with E-state index in [1.165, 1.54) is 7.11 Å². The Morgan fingerprint density at radius 2 is 2.44 bits per heavy atom. The Labute approximate surface area is 99.0 Å². The van der Waals surface area contributed by atoms with E-state index in [-0.39, 0.29) is 19.1 Å². The molecule has 1 aromatic heterocycles. The maximum absolute atomic E-state index is 11.6. The van der Waals surface area contributed by atoms with Crippen LogP contribution in [0.2, 0.25) is 5.02 Å². The van der Waals surface area contributed by atoms with Crippen molar-refractivity contribution in [1.82, 2.24) is 9.88 Å². The fraction of sp³-hybridized carbons (Fsp3) is 0.500. The molecule has 2 N–H and O–H groups in total. The van der Waals surface area contributed by atoms with Gasteiger partial charge in [0.15, 0.2) is 0 Å². The minimum Gasteiger partial charge on any atom is -0.389 e. The van der Waals surface area contributed by atoms with Crippen molar-refractivity contribution >= 4 is 17.5 Å². The molecule has 0 aliphatic carbocycles. The van der Waals surface area contributed by atoms with E-state index < -0.39 is 6.10 Å². The van der Waals surface area contributed by atoms with Gasteiger partial charge < -0.3 is 19.7 Å². The Hall–Kier alpha value is -1.04. The summed E-state index contributed by atoms with van der Waals surface area (Å²) >= 11 is 5.75. The molecular weight excluding hydrogens is 232 g/mol. The zero-order chi connectivity index (χ0) is 12.1. The van der Waals surface area contributed by atoms with E-state index in [1.807, 2.05) is 0 Å². The number of nitrogens with one attached hydrogen (secondary N) is 1. The van der Waals surface area contributed by atoms with Crippen LogP contribution >= 0.6 is 11.6 Å². The molecule has 1 unspecified atom stereocenters. The molecule has 0 saturated carbocycles. The first-order valence-electron chi connectivity index (χ1n) is 4.81. The summed E-state index contributed by atoms with van der Waals surface area (Å²) in [5, 5.41) is 12.4. The van der Waals surface area contributed by atoms with Crippen LogP contribution in [-0.2, 0) is 11.8 Å². The number of aryl methyl sites for hydroxylation is 1. The van der Waals surface area contributed by atoms with Crippen molar-refractivity contribution in [2.24, 2.45) is 7.05 Å². The summed E-state index contributed by atoms with van der Waals surface area (Å²) in [7, 11) is 3.22. The van der Waals surface area contributed by atoms with Gasteiger partial charge in [-0.25, -0.2) is 0 Å². The summed E-state index contributed by atoms with van der Waals surface area (Å²) in [6.45, 7) is 0.337. The summed E-state index contributed by atoms with van der Waals surface area (Å²) < 4.78 is 6.37. The number of carbonyl (C=O) groups is 1. The molecule has 1 rings (SSSR count). The van der Waals surface area contributed by atoms with E-state index in [0.717, 1.165) is 0 Å². The maximum Gasteiger partial charge on any atom is 0.268 e. The molecule has 16 heavy (non-hydrogen) atoms. The number of hydrogen-bond donors (Lipinski definition) is 2. The molecule has 0 spiro atoms. The quantitative estimate of drug-likeness (QED) is 0.791. The number of carbonyl (C=O) groups excluding carboxylic acids is 1. The van der Waals surface area contributed by atoms with Gasteiger partial charge in [0.25, 0.3) is 5.91 Å². The van der Waals surface area contributed by atoms with Crippen LogP contribution in [0.3, 0.4) is 0 Å². The number of aromatic nitrogens is 1. The van der Waals surface area contributed by atoms with E-state index in [2.05, 4.69) is 5.32 Å². The average Bonchev–Trinajstić information content (AvgIpc) is 2.55. The van der Waals surface area contributed by atoms with Gasteiger partial charge in [0.2, 0.25) is 0 Å². The third kappa shape index (κ3) is 3.52. The van der Waals surface area contributed by atoms with Crippen LogP contribution in [0.25, 0.3) is 0 Å². The third-order valence-electron chi connectivity index (χ3n) is 2.06. The van der Waals surface area contributed by atoms with Crippen LogP contribution in [0.15, 0.2) is 12.3 Å². The Morgan fingerprint density at radius 3 is 2.94 bits per heavy atom. The van der Waals surface area contributed by atoms with Gasteiger partial charge in [0, 0.05) is 26.9 Å². The Kier molecular flexibility index (Phi) is 4.79. The molecule has 1 heterocycles. The molecule has 5 nitrogen and oxygen atoms in total. The second kappa shape index (κ2) is 5.89. The lowest BCUT2D eigenvalue weighted by molar-refractivity contribution is 0.0608. The molecule has 1 aromatic rings. The zero-order valence-corrected chi connectivity index (χ0v) is 9.99. The van der Waals surface area contributed by atoms with Crippen molar-refractivity contribution in [2.75, 3.05) is 20.3 Å². The molecule has 0 aliphatic heterocycles. The van der Waals surface area contributed by atoms with Gasteiger partial charge in [-0.2, -0.15) is 0 Å². The molecule has 0 aromatic carbocycles. The smallest absolute Gasteiger partial charge is 0.268 e. The van der Waals surface area contributed by atoms with Gasteiger partial charge in [-0.05, 0) is 6.07 Å². The summed E-state index contributed by atoms with van der Waals surface area (Å²) in [5.41, 5.74) is 0.453. The van der Waals surface area contributed by atoms with Gasteiger partial charge in [-0.3, -0.25) is 4.79 Å². The predicted molar refractivity (Wildman–Crippen MR) is 60.6 cm³/mol. The van der Waals surface area contributed by atoms with Crippen LogP contribution in [0.4, 0.5) is 0 Å². The Bertz CT molecular complexity index is 365. The van der Waals surface area contributed by atoms with Crippen molar-refractivity contribution in [3.05, 3.63) is 23.0 Å². The largest absolute Gasteiger partial charge is 0.389 e. The van der Waals surface area contributed by atoms with Gasteiger partial charge >= 0.3 is 0 Å². The molecule has 1 atom stereocenters. The summed E-state index contributed by atoms with van der Waals surface area (Å²) in [5.74, 6) is -0.274. The van der Waals surface area contributed by atoms with Gasteiger partial charge in [0.1, 0.15) is 5.69 Å². The molecule has 0 fully saturated rings. The SMILES string of the molecule is COCC(O)CNC(=O)c1cc(Cl)cn1C. The molecule has 1 amide bonds. The zero-order valence-electron chi connectivity index (χ0n) is 9.24. The van der Waals surface area contributed by atoms with E-state index in [9.17, 15) is 9.90 Å². The van der Waals surface area contributed by atoms with Crippen molar-refractivity contribution in [3.8, 4) is 0 Å². The number of ether oxygens (including phenoxy) is 1. The van der Waals surface area contributed by atoms with Crippen molar-refractivity contribution < 1.29 is 14.6 Å². The number of hydrogen-bond acceptors (Lipinski definition) is 3.